The van der Waals surface area contributed by atoms with Crippen molar-refractivity contribution in [2.75, 3.05) is 0 Å². The van der Waals surface area contributed by atoms with Gasteiger partial charge in [0.05, 0.1) is 0 Å². The van der Waals surface area contributed by atoms with Crippen LogP contribution < -0.4 is 5.11 Å². The highest BCUT2D eigenvalue weighted by molar-refractivity contribution is 5.64. The Morgan fingerprint density at radius 3 is 1.55 bits per heavy atom. The van der Waals surface area contributed by atoms with Gasteiger partial charge in [0.1, 0.15) is 0 Å². The Morgan fingerprint density at radius 1 is 0.727 bits per heavy atom. The molecular formula is C20H29O2-. The van der Waals surface area contributed by atoms with Crippen molar-refractivity contribution in [1.29, 1.82) is 0 Å². The van der Waals surface area contributed by atoms with Crippen molar-refractivity contribution < 1.29 is 9.90 Å². The van der Waals surface area contributed by atoms with E-state index in [1.807, 2.05) is 6.08 Å². The SMILES string of the molecule is CC/C=C/C/C=C/C/C=C/C/C=C/C/C=C/CCCC(=O)[O-]. The van der Waals surface area contributed by atoms with E-state index in [0.29, 0.717) is 6.42 Å². The number of carbonyl (C=O) groups excluding carboxylic acids is 1. The maximum atomic E-state index is 10.2. The number of unbranched alkanes of at least 4 members (excludes halogenated alkanes) is 1. The normalized spacial score (nSPS) is 12.8. The Balaban J connectivity index is 3.46. The number of carboxylic acids is 1. The van der Waals surface area contributed by atoms with Gasteiger partial charge in [-0.05, 0) is 51.4 Å². The van der Waals surface area contributed by atoms with E-state index in [0.717, 1.165) is 38.5 Å². The second-order valence-electron chi connectivity index (χ2n) is 4.97. The first kappa shape index (κ1) is 20.2. The van der Waals surface area contributed by atoms with Crippen LogP contribution in [0.15, 0.2) is 60.8 Å². The predicted molar refractivity (Wildman–Crippen MR) is 93.3 cm³/mol. The molecule has 0 heterocycles. The summed E-state index contributed by atoms with van der Waals surface area (Å²) in [5.74, 6) is -0.965. The van der Waals surface area contributed by atoms with E-state index in [9.17, 15) is 9.90 Å². The molecule has 0 aromatic carbocycles. The van der Waals surface area contributed by atoms with Gasteiger partial charge in [-0.1, -0.05) is 67.7 Å². The number of rotatable bonds is 13. The zero-order valence-corrected chi connectivity index (χ0v) is 13.7. The van der Waals surface area contributed by atoms with Gasteiger partial charge in [0.2, 0.25) is 0 Å². The van der Waals surface area contributed by atoms with Crippen LogP contribution in [-0.2, 0) is 4.79 Å². The number of hydrogen-bond acceptors (Lipinski definition) is 2. The summed E-state index contributed by atoms with van der Waals surface area (Å²) >= 11 is 0. The van der Waals surface area contributed by atoms with Crippen LogP contribution in [0, 0.1) is 0 Å². The fraction of sp³-hybridized carbons (Fsp3) is 0.450. The zero-order valence-electron chi connectivity index (χ0n) is 13.7. The molecule has 0 aromatic heterocycles. The zero-order chi connectivity index (χ0) is 16.3. The first-order chi connectivity index (χ1) is 10.8. The second kappa shape index (κ2) is 17.2. The largest absolute Gasteiger partial charge is 0.550 e. The minimum Gasteiger partial charge on any atom is -0.550 e. The van der Waals surface area contributed by atoms with Gasteiger partial charge in [-0.3, -0.25) is 0 Å². The summed E-state index contributed by atoms with van der Waals surface area (Å²) in [6.07, 6.45) is 28.1. The maximum absolute atomic E-state index is 10.2. The van der Waals surface area contributed by atoms with Crippen LogP contribution in [0.25, 0.3) is 0 Å². The summed E-state index contributed by atoms with van der Waals surface area (Å²) in [6, 6.07) is 0. The van der Waals surface area contributed by atoms with Crippen molar-refractivity contribution in [2.45, 2.75) is 58.3 Å². The smallest absolute Gasteiger partial charge is 0.0414 e. The molecule has 0 unspecified atom stereocenters. The molecular weight excluding hydrogens is 272 g/mol. The Labute approximate surface area is 135 Å². The van der Waals surface area contributed by atoms with E-state index in [-0.39, 0.29) is 6.42 Å². The number of allylic oxidation sites excluding steroid dienone is 10. The standard InChI is InChI=1S/C20H30O2/c1-2-3-4-5-6-7-8-9-10-11-12-13-14-15-16-17-18-19-20(21)22/h3-4,6-7,9-10,12-13,15-16H,2,5,8,11,14,17-19H2,1H3,(H,21,22)/p-1/b4-3+,7-6+,10-9+,13-12+,16-15+. The molecule has 0 aliphatic rings. The molecule has 0 amide bonds. The molecule has 0 bridgehead atoms. The third-order valence-electron chi connectivity index (χ3n) is 2.91. The van der Waals surface area contributed by atoms with E-state index >= 15 is 0 Å². The third kappa shape index (κ3) is 18.2. The molecule has 0 rings (SSSR count). The molecule has 0 radical (unpaired) electrons. The highest BCUT2D eigenvalue weighted by Crippen LogP contribution is 1.98. The van der Waals surface area contributed by atoms with Gasteiger partial charge < -0.3 is 9.90 Å². The lowest BCUT2D eigenvalue weighted by Crippen LogP contribution is -2.21. The van der Waals surface area contributed by atoms with Crippen molar-refractivity contribution in [3.8, 4) is 0 Å². The molecule has 2 nitrogen and oxygen atoms in total. The summed E-state index contributed by atoms with van der Waals surface area (Å²) in [7, 11) is 0. The summed E-state index contributed by atoms with van der Waals surface area (Å²) in [4.78, 5) is 10.2. The summed E-state index contributed by atoms with van der Waals surface area (Å²) < 4.78 is 0. The summed E-state index contributed by atoms with van der Waals surface area (Å²) in [5, 5.41) is 10.2. The molecule has 0 atom stereocenters. The number of carbonyl (C=O) groups is 1. The summed E-state index contributed by atoms with van der Waals surface area (Å²) in [5.41, 5.74) is 0. The molecule has 0 N–H and O–H groups in total. The van der Waals surface area contributed by atoms with E-state index < -0.39 is 5.97 Å². The lowest BCUT2D eigenvalue weighted by atomic mass is 10.2. The Hall–Kier alpha value is -1.83. The fourth-order valence-corrected chi connectivity index (χ4v) is 1.73. The van der Waals surface area contributed by atoms with Crippen LogP contribution in [-0.4, -0.2) is 5.97 Å². The fourth-order valence-electron chi connectivity index (χ4n) is 1.73. The summed E-state index contributed by atoms with van der Waals surface area (Å²) in [6.45, 7) is 2.14. The molecule has 2 heteroatoms. The number of carboxylic acid groups (broad SMARTS) is 1. The Kier molecular flexibility index (Phi) is 15.8. The lowest BCUT2D eigenvalue weighted by molar-refractivity contribution is -0.305. The Bertz CT molecular complexity index is 398. The number of hydrogen-bond donors (Lipinski definition) is 0. The maximum Gasteiger partial charge on any atom is 0.0414 e. The molecule has 0 aromatic rings. The second-order valence-corrected chi connectivity index (χ2v) is 4.97. The topological polar surface area (TPSA) is 40.1 Å². The first-order valence-corrected chi connectivity index (χ1v) is 8.22. The molecule has 0 saturated heterocycles. The van der Waals surface area contributed by atoms with Gasteiger partial charge in [0.25, 0.3) is 0 Å². The van der Waals surface area contributed by atoms with Crippen LogP contribution in [0.2, 0.25) is 0 Å². The highest BCUT2D eigenvalue weighted by Gasteiger charge is 1.84. The predicted octanol–water partition coefficient (Wildman–Crippen LogP) is 4.66. The average Bonchev–Trinajstić information content (AvgIpc) is 2.50. The number of aliphatic carboxylic acids is 1. The van der Waals surface area contributed by atoms with Crippen molar-refractivity contribution in [3.05, 3.63) is 60.8 Å². The van der Waals surface area contributed by atoms with Gasteiger partial charge >= 0.3 is 0 Å². The molecule has 0 fully saturated rings. The molecule has 0 spiro atoms. The van der Waals surface area contributed by atoms with Crippen molar-refractivity contribution >= 4 is 5.97 Å². The molecule has 0 aliphatic carbocycles. The van der Waals surface area contributed by atoms with Crippen LogP contribution >= 0.6 is 0 Å². The van der Waals surface area contributed by atoms with Crippen molar-refractivity contribution in [3.63, 3.8) is 0 Å². The molecule has 0 saturated carbocycles. The van der Waals surface area contributed by atoms with E-state index in [4.69, 9.17) is 0 Å². The lowest BCUT2D eigenvalue weighted by Gasteiger charge is -1.97. The molecule has 0 aliphatic heterocycles. The van der Waals surface area contributed by atoms with Gasteiger partial charge in [0.15, 0.2) is 0 Å². The van der Waals surface area contributed by atoms with E-state index in [1.54, 1.807) is 0 Å². The highest BCUT2D eigenvalue weighted by atomic mass is 16.4. The third-order valence-corrected chi connectivity index (χ3v) is 2.91. The monoisotopic (exact) mass is 301 g/mol. The van der Waals surface area contributed by atoms with Gasteiger partial charge in [-0.2, -0.15) is 0 Å². The van der Waals surface area contributed by atoms with Crippen LogP contribution in [0.5, 0.6) is 0 Å². The van der Waals surface area contributed by atoms with Crippen LogP contribution in [0.1, 0.15) is 58.3 Å². The van der Waals surface area contributed by atoms with Crippen LogP contribution in [0.3, 0.4) is 0 Å². The molecule has 122 valence electrons. The van der Waals surface area contributed by atoms with Crippen molar-refractivity contribution in [1.82, 2.24) is 0 Å². The minimum atomic E-state index is -0.965. The van der Waals surface area contributed by atoms with Gasteiger partial charge in [-0.25, -0.2) is 0 Å². The van der Waals surface area contributed by atoms with Crippen LogP contribution in [0.4, 0.5) is 0 Å². The average molecular weight is 301 g/mol. The Morgan fingerprint density at radius 2 is 1.14 bits per heavy atom. The van der Waals surface area contributed by atoms with Gasteiger partial charge in [-0.15, -0.1) is 0 Å². The molecule has 22 heavy (non-hydrogen) atoms. The van der Waals surface area contributed by atoms with E-state index in [1.165, 1.54) is 0 Å². The minimum absolute atomic E-state index is 0.147. The van der Waals surface area contributed by atoms with Gasteiger partial charge in [0, 0.05) is 5.97 Å². The quantitative estimate of drug-likeness (QED) is 0.367. The van der Waals surface area contributed by atoms with Crippen molar-refractivity contribution in [2.24, 2.45) is 0 Å². The first-order valence-electron chi connectivity index (χ1n) is 8.22. The van der Waals surface area contributed by atoms with E-state index in [2.05, 4.69) is 61.6 Å².